The standard InChI is InChI=1S/C12H15BrO2/c13-7-6-11-8-14-9-12(15-11)10-4-2-1-3-5-10/h1-5,11-12H,6-9H2. The number of rotatable bonds is 3. The van der Waals surface area contributed by atoms with Crippen LogP contribution < -0.4 is 0 Å². The van der Waals surface area contributed by atoms with Gasteiger partial charge in [-0.15, -0.1) is 0 Å². The molecule has 2 nitrogen and oxygen atoms in total. The average Bonchev–Trinajstić information content (AvgIpc) is 2.31. The molecule has 1 aromatic carbocycles. The van der Waals surface area contributed by atoms with Crippen molar-refractivity contribution in [2.24, 2.45) is 0 Å². The van der Waals surface area contributed by atoms with Gasteiger partial charge in [0.25, 0.3) is 0 Å². The van der Waals surface area contributed by atoms with E-state index in [1.54, 1.807) is 0 Å². The zero-order chi connectivity index (χ0) is 10.5. The lowest BCUT2D eigenvalue weighted by molar-refractivity contribution is -0.140. The van der Waals surface area contributed by atoms with Crippen LogP contribution >= 0.6 is 15.9 Å². The van der Waals surface area contributed by atoms with Gasteiger partial charge in [0.15, 0.2) is 0 Å². The first-order valence-corrected chi connectivity index (χ1v) is 6.36. The molecule has 1 fully saturated rings. The molecule has 1 aromatic rings. The topological polar surface area (TPSA) is 18.5 Å². The van der Waals surface area contributed by atoms with E-state index in [0.29, 0.717) is 6.61 Å². The summed E-state index contributed by atoms with van der Waals surface area (Å²) >= 11 is 3.43. The van der Waals surface area contributed by atoms with Gasteiger partial charge in [0.2, 0.25) is 0 Å². The van der Waals surface area contributed by atoms with Crippen LogP contribution in [-0.2, 0) is 9.47 Å². The van der Waals surface area contributed by atoms with Gasteiger partial charge in [0.1, 0.15) is 6.10 Å². The van der Waals surface area contributed by atoms with Gasteiger partial charge in [-0.1, -0.05) is 46.3 Å². The molecule has 82 valence electrons. The number of halogens is 1. The zero-order valence-corrected chi connectivity index (χ0v) is 10.2. The SMILES string of the molecule is BrCCC1COCC(c2ccccc2)O1. The van der Waals surface area contributed by atoms with Gasteiger partial charge in [-0.3, -0.25) is 0 Å². The third-order valence-corrected chi connectivity index (χ3v) is 2.99. The van der Waals surface area contributed by atoms with Gasteiger partial charge < -0.3 is 9.47 Å². The molecule has 0 spiro atoms. The first-order chi connectivity index (χ1) is 7.40. The summed E-state index contributed by atoms with van der Waals surface area (Å²) in [6.07, 6.45) is 1.33. The van der Waals surface area contributed by atoms with E-state index >= 15 is 0 Å². The molecule has 15 heavy (non-hydrogen) atoms. The predicted octanol–water partition coefficient (Wildman–Crippen LogP) is 2.93. The van der Waals surface area contributed by atoms with Crippen molar-refractivity contribution in [3.63, 3.8) is 0 Å². The van der Waals surface area contributed by atoms with Crippen molar-refractivity contribution in [3.8, 4) is 0 Å². The van der Waals surface area contributed by atoms with Gasteiger partial charge >= 0.3 is 0 Å². The fraction of sp³-hybridized carbons (Fsp3) is 0.500. The van der Waals surface area contributed by atoms with E-state index in [4.69, 9.17) is 9.47 Å². The lowest BCUT2D eigenvalue weighted by atomic mass is 10.1. The fourth-order valence-corrected chi connectivity index (χ4v) is 2.24. The molecule has 2 atom stereocenters. The Morgan fingerprint density at radius 1 is 1.20 bits per heavy atom. The molecule has 0 bridgehead atoms. The van der Waals surface area contributed by atoms with Crippen LogP contribution in [0.2, 0.25) is 0 Å². The molecule has 1 aliphatic rings. The fourth-order valence-electron chi connectivity index (χ4n) is 1.73. The van der Waals surface area contributed by atoms with E-state index in [1.807, 2.05) is 18.2 Å². The maximum Gasteiger partial charge on any atom is 0.106 e. The van der Waals surface area contributed by atoms with E-state index in [9.17, 15) is 0 Å². The minimum atomic E-state index is 0.101. The minimum Gasteiger partial charge on any atom is -0.376 e. The highest BCUT2D eigenvalue weighted by atomic mass is 79.9. The number of hydrogen-bond acceptors (Lipinski definition) is 2. The summed E-state index contributed by atoms with van der Waals surface area (Å²) in [4.78, 5) is 0. The Morgan fingerprint density at radius 3 is 2.73 bits per heavy atom. The summed E-state index contributed by atoms with van der Waals surface area (Å²) < 4.78 is 11.5. The van der Waals surface area contributed by atoms with E-state index in [-0.39, 0.29) is 12.2 Å². The second-order valence-corrected chi connectivity index (χ2v) is 4.47. The third kappa shape index (κ3) is 3.03. The van der Waals surface area contributed by atoms with Gasteiger partial charge in [0, 0.05) is 5.33 Å². The minimum absolute atomic E-state index is 0.101. The first-order valence-electron chi connectivity index (χ1n) is 5.24. The van der Waals surface area contributed by atoms with Gasteiger partial charge in [-0.25, -0.2) is 0 Å². The van der Waals surface area contributed by atoms with Crippen molar-refractivity contribution in [3.05, 3.63) is 35.9 Å². The molecule has 3 heteroatoms. The molecule has 0 radical (unpaired) electrons. The summed E-state index contributed by atoms with van der Waals surface area (Å²) in [6.45, 7) is 1.39. The summed E-state index contributed by atoms with van der Waals surface area (Å²) in [5.74, 6) is 0. The monoisotopic (exact) mass is 270 g/mol. The smallest absolute Gasteiger partial charge is 0.106 e. The Hall–Kier alpha value is -0.380. The van der Waals surface area contributed by atoms with Crippen molar-refractivity contribution in [1.82, 2.24) is 0 Å². The van der Waals surface area contributed by atoms with Crippen LogP contribution in [0.1, 0.15) is 18.1 Å². The van der Waals surface area contributed by atoms with E-state index in [0.717, 1.165) is 18.4 Å². The molecule has 0 amide bonds. The summed E-state index contributed by atoms with van der Waals surface area (Å²) in [5.41, 5.74) is 1.21. The highest BCUT2D eigenvalue weighted by molar-refractivity contribution is 9.09. The number of benzene rings is 1. The van der Waals surface area contributed by atoms with Gasteiger partial charge in [-0.05, 0) is 12.0 Å². The molecule has 2 rings (SSSR count). The van der Waals surface area contributed by atoms with Crippen LogP contribution in [-0.4, -0.2) is 24.6 Å². The Morgan fingerprint density at radius 2 is 2.00 bits per heavy atom. The van der Waals surface area contributed by atoms with Crippen LogP contribution in [0.15, 0.2) is 30.3 Å². The summed E-state index contributed by atoms with van der Waals surface area (Å²) in [7, 11) is 0. The lowest BCUT2D eigenvalue weighted by Crippen LogP contribution is -2.31. The number of alkyl halides is 1. The molecule has 0 aromatic heterocycles. The number of hydrogen-bond donors (Lipinski definition) is 0. The Balaban J connectivity index is 1.98. The molecule has 0 N–H and O–H groups in total. The van der Waals surface area contributed by atoms with Crippen LogP contribution in [0.5, 0.6) is 0 Å². The molecular weight excluding hydrogens is 256 g/mol. The number of ether oxygens (including phenoxy) is 2. The molecule has 0 saturated carbocycles. The molecular formula is C12H15BrO2. The van der Waals surface area contributed by atoms with Crippen LogP contribution in [0.4, 0.5) is 0 Å². The summed E-state index contributed by atoms with van der Waals surface area (Å²) in [6, 6.07) is 10.3. The molecule has 2 unspecified atom stereocenters. The largest absolute Gasteiger partial charge is 0.376 e. The maximum absolute atomic E-state index is 5.96. The third-order valence-electron chi connectivity index (χ3n) is 2.53. The van der Waals surface area contributed by atoms with Crippen LogP contribution in [0.3, 0.4) is 0 Å². The molecule has 1 heterocycles. The Labute approximate surface area is 98.7 Å². The second kappa shape index (κ2) is 5.64. The van der Waals surface area contributed by atoms with Crippen molar-refractivity contribution >= 4 is 15.9 Å². The first kappa shape index (κ1) is 11.1. The summed E-state index contributed by atoms with van der Waals surface area (Å²) in [5, 5.41) is 0.961. The van der Waals surface area contributed by atoms with Crippen molar-refractivity contribution in [2.45, 2.75) is 18.6 Å². The highest BCUT2D eigenvalue weighted by Gasteiger charge is 2.23. The molecule has 1 saturated heterocycles. The van der Waals surface area contributed by atoms with E-state index < -0.39 is 0 Å². The Kier molecular flexibility index (Phi) is 4.18. The maximum atomic E-state index is 5.96. The van der Waals surface area contributed by atoms with E-state index in [2.05, 4.69) is 28.1 Å². The quantitative estimate of drug-likeness (QED) is 0.787. The highest BCUT2D eigenvalue weighted by Crippen LogP contribution is 2.24. The van der Waals surface area contributed by atoms with Crippen molar-refractivity contribution < 1.29 is 9.47 Å². The zero-order valence-electron chi connectivity index (χ0n) is 8.56. The second-order valence-electron chi connectivity index (χ2n) is 3.67. The van der Waals surface area contributed by atoms with Crippen molar-refractivity contribution in [1.29, 1.82) is 0 Å². The van der Waals surface area contributed by atoms with E-state index in [1.165, 1.54) is 5.56 Å². The van der Waals surface area contributed by atoms with Gasteiger partial charge in [0.05, 0.1) is 19.3 Å². The lowest BCUT2D eigenvalue weighted by Gasteiger charge is -2.30. The normalized spacial score (nSPS) is 26.5. The Bertz CT molecular complexity index is 287. The predicted molar refractivity (Wildman–Crippen MR) is 63.3 cm³/mol. The van der Waals surface area contributed by atoms with Crippen LogP contribution in [0.25, 0.3) is 0 Å². The van der Waals surface area contributed by atoms with Gasteiger partial charge in [-0.2, -0.15) is 0 Å². The molecule has 0 aliphatic carbocycles. The van der Waals surface area contributed by atoms with Crippen LogP contribution in [0, 0.1) is 0 Å². The van der Waals surface area contributed by atoms with Crippen molar-refractivity contribution in [2.75, 3.05) is 18.5 Å². The average molecular weight is 271 g/mol. The molecule has 1 aliphatic heterocycles.